The number of benzene rings is 1. The van der Waals surface area contributed by atoms with E-state index >= 15 is 0 Å². The van der Waals surface area contributed by atoms with E-state index in [-0.39, 0.29) is 0 Å². The molecule has 4 rings (SSSR count). The molecule has 2 aliphatic carbocycles. The summed E-state index contributed by atoms with van der Waals surface area (Å²) in [5, 5.41) is 4.17. The van der Waals surface area contributed by atoms with Gasteiger partial charge in [0.05, 0.1) is 5.02 Å². The minimum absolute atomic E-state index is 0.552. The van der Waals surface area contributed by atoms with Crippen molar-refractivity contribution in [2.24, 2.45) is 17.8 Å². The molecule has 0 radical (unpaired) electrons. The van der Waals surface area contributed by atoms with Crippen molar-refractivity contribution >= 4 is 17.3 Å². The maximum Gasteiger partial charge on any atom is 0.219 e. The van der Waals surface area contributed by atoms with E-state index in [4.69, 9.17) is 16.3 Å². The van der Waals surface area contributed by atoms with Gasteiger partial charge in [-0.05, 0) is 73.8 Å². The number of hydrogen-bond donors (Lipinski definition) is 1. The van der Waals surface area contributed by atoms with Gasteiger partial charge < -0.3 is 10.1 Å². The maximum absolute atomic E-state index is 5.82. The first-order valence-corrected chi connectivity index (χ1v) is 8.77. The van der Waals surface area contributed by atoms with Crippen LogP contribution < -0.4 is 10.1 Å². The molecule has 4 heteroatoms. The zero-order chi connectivity index (χ0) is 15.6. The predicted octanol–water partition coefficient (Wildman–Crippen LogP) is 5.38. The highest BCUT2D eigenvalue weighted by atomic mass is 35.5. The average molecular weight is 329 g/mol. The number of pyridine rings is 1. The molecule has 3 unspecified atom stereocenters. The van der Waals surface area contributed by atoms with Crippen molar-refractivity contribution in [3.05, 3.63) is 47.6 Å². The number of fused-ring (bicyclic) bond motifs is 1. The van der Waals surface area contributed by atoms with Crippen LogP contribution in [0.1, 0.15) is 25.7 Å². The Kier molecular flexibility index (Phi) is 4.13. The molecule has 3 atom stereocenters. The second-order valence-corrected chi connectivity index (χ2v) is 7.19. The molecule has 1 aromatic carbocycles. The first kappa shape index (κ1) is 14.8. The van der Waals surface area contributed by atoms with Crippen LogP contribution in [0.3, 0.4) is 0 Å². The number of nitrogens with zero attached hydrogens (tertiary/aromatic N) is 1. The summed E-state index contributed by atoms with van der Waals surface area (Å²) >= 11 is 5.82. The third-order valence-electron chi connectivity index (χ3n) is 5.02. The lowest BCUT2D eigenvalue weighted by Gasteiger charge is -2.22. The molecule has 1 heterocycles. The van der Waals surface area contributed by atoms with Gasteiger partial charge in [0.25, 0.3) is 0 Å². The van der Waals surface area contributed by atoms with E-state index in [1.54, 1.807) is 18.3 Å². The van der Waals surface area contributed by atoms with Crippen LogP contribution in [0.2, 0.25) is 5.02 Å². The number of rotatable bonds is 5. The Morgan fingerprint density at radius 1 is 1.04 bits per heavy atom. The zero-order valence-electron chi connectivity index (χ0n) is 13.0. The van der Waals surface area contributed by atoms with Crippen molar-refractivity contribution in [2.45, 2.75) is 25.7 Å². The summed E-state index contributed by atoms with van der Waals surface area (Å²) in [7, 11) is 0. The summed E-state index contributed by atoms with van der Waals surface area (Å²) in [6.07, 6.45) is 7.32. The van der Waals surface area contributed by atoms with Crippen molar-refractivity contribution in [3.8, 4) is 11.6 Å². The van der Waals surface area contributed by atoms with E-state index in [1.807, 2.05) is 12.1 Å². The largest absolute Gasteiger partial charge is 0.439 e. The molecule has 0 saturated heterocycles. The summed E-state index contributed by atoms with van der Waals surface area (Å²) in [6.45, 7) is 1.09. The van der Waals surface area contributed by atoms with Crippen LogP contribution in [-0.2, 0) is 0 Å². The highest BCUT2D eigenvalue weighted by Gasteiger charge is 2.41. The minimum atomic E-state index is 0.552. The van der Waals surface area contributed by atoms with Gasteiger partial charge in [0.2, 0.25) is 5.88 Å². The van der Waals surface area contributed by atoms with Crippen LogP contribution in [0.25, 0.3) is 0 Å². The molecule has 120 valence electrons. The summed E-state index contributed by atoms with van der Waals surface area (Å²) in [5.41, 5.74) is 1.15. The van der Waals surface area contributed by atoms with Crippen LogP contribution >= 0.6 is 11.6 Å². The van der Waals surface area contributed by atoms with Crippen LogP contribution in [0.5, 0.6) is 11.6 Å². The van der Waals surface area contributed by atoms with Crippen LogP contribution in [0, 0.1) is 17.8 Å². The molecule has 0 spiro atoms. The van der Waals surface area contributed by atoms with Gasteiger partial charge in [-0.3, -0.25) is 0 Å². The molecule has 2 saturated carbocycles. The Balaban J connectivity index is 1.29. The monoisotopic (exact) mass is 328 g/mol. The second kappa shape index (κ2) is 6.40. The molecule has 0 aliphatic heterocycles. The molecule has 2 aliphatic rings. The Morgan fingerprint density at radius 2 is 1.91 bits per heavy atom. The van der Waals surface area contributed by atoms with Crippen LogP contribution in [-0.4, -0.2) is 11.5 Å². The number of halogens is 1. The lowest BCUT2D eigenvalue weighted by Crippen LogP contribution is -2.18. The molecule has 23 heavy (non-hydrogen) atoms. The number of hydrogen-bond acceptors (Lipinski definition) is 3. The number of ether oxygens (including phenoxy) is 1. The van der Waals surface area contributed by atoms with Gasteiger partial charge in [0, 0.05) is 24.5 Å². The number of nitrogens with one attached hydrogen (secondary N) is 1. The molecule has 0 amide bonds. The highest BCUT2D eigenvalue weighted by Crippen LogP contribution is 2.51. The normalized spacial score (nSPS) is 25.5. The Morgan fingerprint density at radius 3 is 2.65 bits per heavy atom. The van der Waals surface area contributed by atoms with Crippen molar-refractivity contribution in [2.75, 3.05) is 11.9 Å². The molecular formula is C19H21ClN2O. The summed E-state index contributed by atoms with van der Waals surface area (Å²) in [6, 6.07) is 11.6. The quantitative estimate of drug-likeness (QED) is 0.800. The van der Waals surface area contributed by atoms with Gasteiger partial charge in [0.1, 0.15) is 5.75 Å². The van der Waals surface area contributed by atoms with E-state index in [1.165, 1.54) is 25.7 Å². The van der Waals surface area contributed by atoms with Gasteiger partial charge in [0.15, 0.2) is 0 Å². The summed E-state index contributed by atoms with van der Waals surface area (Å²) in [4.78, 5) is 4.13. The summed E-state index contributed by atoms with van der Waals surface area (Å²) in [5.74, 6) is 4.29. The van der Waals surface area contributed by atoms with Gasteiger partial charge in [-0.2, -0.15) is 0 Å². The Labute approximate surface area is 142 Å². The fourth-order valence-corrected chi connectivity index (χ4v) is 3.69. The fraction of sp³-hybridized carbons (Fsp3) is 0.421. The topological polar surface area (TPSA) is 34.1 Å². The van der Waals surface area contributed by atoms with Gasteiger partial charge >= 0.3 is 0 Å². The van der Waals surface area contributed by atoms with E-state index < -0.39 is 0 Å². The van der Waals surface area contributed by atoms with Crippen molar-refractivity contribution in [3.63, 3.8) is 0 Å². The standard InChI is InChI=1S/C19H21ClN2O/c20-16-3-8-19(22-12-16)23-18-6-4-17(5-7-18)21-11-13-1-2-14-10-15(14)9-13/h3-8,12-15,21H,1-2,9-11H2. The zero-order valence-corrected chi connectivity index (χ0v) is 13.8. The number of anilines is 1. The fourth-order valence-electron chi connectivity index (χ4n) is 3.58. The SMILES string of the molecule is Clc1ccc(Oc2ccc(NCC3CCC4CC4C3)cc2)nc1. The molecule has 3 nitrogen and oxygen atoms in total. The third-order valence-corrected chi connectivity index (χ3v) is 5.25. The minimum Gasteiger partial charge on any atom is -0.439 e. The van der Waals surface area contributed by atoms with Crippen LogP contribution in [0.4, 0.5) is 5.69 Å². The first-order chi connectivity index (χ1) is 11.3. The van der Waals surface area contributed by atoms with E-state index in [9.17, 15) is 0 Å². The predicted molar refractivity (Wildman–Crippen MR) is 93.2 cm³/mol. The maximum atomic E-state index is 5.82. The molecular weight excluding hydrogens is 308 g/mol. The smallest absolute Gasteiger partial charge is 0.219 e. The Bertz CT molecular complexity index is 656. The highest BCUT2D eigenvalue weighted by molar-refractivity contribution is 6.30. The lowest BCUT2D eigenvalue weighted by atomic mass is 9.89. The van der Waals surface area contributed by atoms with Gasteiger partial charge in [-0.25, -0.2) is 4.98 Å². The lowest BCUT2D eigenvalue weighted by molar-refractivity contribution is 0.357. The van der Waals surface area contributed by atoms with Gasteiger partial charge in [-0.1, -0.05) is 11.6 Å². The molecule has 0 bridgehead atoms. The van der Waals surface area contributed by atoms with E-state index in [0.29, 0.717) is 10.9 Å². The van der Waals surface area contributed by atoms with Crippen molar-refractivity contribution in [1.29, 1.82) is 0 Å². The Hall–Kier alpha value is -1.74. The molecule has 1 N–H and O–H groups in total. The van der Waals surface area contributed by atoms with Crippen molar-refractivity contribution < 1.29 is 4.74 Å². The molecule has 1 aromatic heterocycles. The third kappa shape index (κ3) is 3.78. The molecule has 2 fully saturated rings. The average Bonchev–Trinajstić information content (AvgIpc) is 3.35. The first-order valence-electron chi connectivity index (χ1n) is 8.39. The van der Waals surface area contributed by atoms with Crippen LogP contribution in [0.15, 0.2) is 42.6 Å². The summed E-state index contributed by atoms with van der Waals surface area (Å²) < 4.78 is 5.70. The second-order valence-electron chi connectivity index (χ2n) is 6.76. The number of aromatic nitrogens is 1. The van der Waals surface area contributed by atoms with E-state index in [0.717, 1.165) is 35.7 Å². The van der Waals surface area contributed by atoms with E-state index in [2.05, 4.69) is 22.4 Å². The molecule has 2 aromatic rings. The van der Waals surface area contributed by atoms with Crippen molar-refractivity contribution in [1.82, 2.24) is 4.98 Å². The van der Waals surface area contributed by atoms with Gasteiger partial charge in [-0.15, -0.1) is 0 Å².